The molecule has 16 heavy (non-hydrogen) atoms. The van der Waals surface area contributed by atoms with Crippen molar-refractivity contribution in [2.75, 3.05) is 5.32 Å². The number of anilines is 1. The maximum atomic E-state index is 8.95. The van der Waals surface area contributed by atoms with Crippen molar-refractivity contribution in [2.24, 2.45) is 0 Å². The molecule has 2 aromatic rings. The van der Waals surface area contributed by atoms with Crippen LogP contribution >= 0.6 is 15.9 Å². The van der Waals surface area contributed by atoms with Crippen molar-refractivity contribution < 1.29 is 0 Å². The highest BCUT2D eigenvalue weighted by Crippen LogP contribution is 2.20. The average Bonchev–Trinajstić information content (AvgIpc) is 2.80. The fourth-order valence-corrected chi connectivity index (χ4v) is 1.62. The van der Waals surface area contributed by atoms with Gasteiger partial charge in [0.2, 0.25) is 0 Å². The Morgan fingerprint density at radius 2 is 2.38 bits per heavy atom. The van der Waals surface area contributed by atoms with Gasteiger partial charge >= 0.3 is 0 Å². The molecule has 80 valence electrons. The maximum Gasteiger partial charge on any atom is 0.143 e. The molecule has 0 saturated carbocycles. The third-order valence-electron chi connectivity index (χ3n) is 2.01. The van der Waals surface area contributed by atoms with Gasteiger partial charge in [0, 0.05) is 4.47 Å². The van der Waals surface area contributed by atoms with E-state index in [-0.39, 0.29) is 0 Å². The molecule has 0 fully saturated rings. The van der Waals surface area contributed by atoms with Crippen LogP contribution in [0.2, 0.25) is 0 Å². The lowest BCUT2D eigenvalue weighted by atomic mass is 10.2. The van der Waals surface area contributed by atoms with Crippen molar-refractivity contribution in [3.05, 3.63) is 40.4 Å². The highest BCUT2D eigenvalue weighted by molar-refractivity contribution is 9.10. The van der Waals surface area contributed by atoms with E-state index in [1.54, 1.807) is 6.07 Å². The van der Waals surface area contributed by atoms with Gasteiger partial charge in [-0.3, -0.25) is 5.10 Å². The second-order valence-corrected chi connectivity index (χ2v) is 4.00. The summed E-state index contributed by atoms with van der Waals surface area (Å²) < 4.78 is 0.884. The molecule has 0 unspecified atom stereocenters. The van der Waals surface area contributed by atoms with Crippen molar-refractivity contribution in [3.63, 3.8) is 0 Å². The highest BCUT2D eigenvalue weighted by Gasteiger charge is 2.03. The summed E-state index contributed by atoms with van der Waals surface area (Å²) in [7, 11) is 0. The highest BCUT2D eigenvalue weighted by atomic mass is 79.9. The summed E-state index contributed by atoms with van der Waals surface area (Å²) in [5.41, 5.74) is 1.37. The zero-order valence-corrected chi connectivity index (χ0v) is 9.82. The number of nitrogens with one attached hydrogen (secondary N) is 2. The topological polar surface area (TPSA) is 77.4 Å². The summed E-state index contributed by atoms with van der Waals surface area (Å²) in [5.74, 6) is 0.729. The van der Waals surface area contributed by atoms with Crippen LogP contribution in [0.3, 0.4) is 0 Å². The third-order valence-corrected chi connectivity index (χ3v) is 2.51. The normalized spacial score (nSPS) is 9.75. The van der Waals surface area contributed by atoms with Gasteiger partial charge in [0.15, 0.2) is 0 Å². The number of aromatic amines is 1. The minimum atomic E-state index is 0.510. The van der Waals surface area contributed by atoms with Gasteiger partial charge in [0.1, 0.15) is 18.2 Å². The molecule has 2 rings (SSSR count). The van der Waals surface area contributed by atoms with Crippen LogP contribution in [0.5, 0.6) is 0 Å². The zero-order chi connectivity index (χ0) is 11.4. The van der Waals surface area contributed by atoms with Gasteiger partial charge in [-0.25, -0.2) is 4.98 Å². The van der Waals surface area contributed by atoms with Crippen LogP contribution in [0.1, 0.15) is 11.4 Å². The van der Waals surface area contributed by atoms with Crippen LogP contribution in [0.15, 0.2) is 29.0 Å². The predicted molar refractivity (Wildman–Crippen MR) is 62.6 cm³/mol. The van der Waals surface area contributed by atoms with Crippen LogP contribution in [-0.2, 0) is 6.54 Å². The molecule has 2 N–H and O–H groups in total. The van der Waals surface area contributed by atoms with E-state index in [0.717, 1.165) is 16.0 Å². The van der Waals surface area contributed by atoms with Crippen molar-refractivity contribution in [1.29, 1.82) is 5.26 Å². The van der Waals surface area contributed by atoms with Gasteiger partial charge in [-0.2, -0.15) is 10.4 Å². The molecule has 1 heterocycles. The van der Waals surface area contributed by atoms with Crippen LogP contribution < -0.4 is 5.32 Å². The zero-order valence-electron chi connectivity index (χ0n) is 8.24. The fraction of sp³-hybridized carbons (Fsp3) is 0.100. The van der Waals surface area contributed by atoms with Gasteiger partial charge in [0.25, 0.3) is 0 Å². The van der Waals surface area contributed by atoms with E-state index >= 15 is 0 Å². The van der Waals surface area contributed by atoms with Gasteiger partial charge < -0.3 is 5.32 Å². The van der Waals surface area contributed by atoms with Gasteiger partial charge in [-0.1, -0.05) is 15.9 Å². The van der Waals surface area contributed by atoms with Crippen molar-refractivity contribution in [2.45, 2.75) is 6.54 Å². The SMILES string of the molecule is N#Cc1cc(Br)ccc1NCc1ncn[nH]1. The number of H-pyrrole nitrogens is 1. The smallest absolute Gasteiger partial charge is 0.143 e. The Morgan fingerprint density at radius 3 is 3.06 bits per heavy atom. The molecule has 6 heteroatoms. The molecular weight excluding hydrogens is 270 g/mol. The van der Waals surface area contributed by atoms with Crippen LogP contribution in [0.25, 0.3) is 0 Å². The summed E-state index contributed by atoms with van der Waals surface area (Å²) in [5, 5.41) is 18.6. The Hall–Kier alpha value is -1.87. The van der Waals surface area contributed by atoms with E-state index in [1.165, 1.54) is 6.33 Å². The second-order valence-electron chi connectivity index (χ2n) is 3.09. The molecule has 0 saturated heterocycles. The Balaban J connectivity index is 2.13. The summed E-state index contributed by atoms with van der Waals surface area (Å²) in [6.07, 6.45) is 1.45. The first-order chi connectivity index (χ1) is 7.79. The Bertz CT molecular complexity index is 515. The Labute approximate surface area is 101 Å². The standard InChI is InChI=1S/C10H8BrN5/c11-8-1-2-9(7(3-8)4-12)13-5-10-14-6-15-16-10/h1-3,6,13H,5H2,(H,14,15,16). The number of halogens is 1. The monoisotopic (exact) mass is 277 g/mol. The van der Waals surface area contributed by atoms with Gasteiger partial charge in [-0.05, 0) is 18.2 Å². The van der Waals surface area contributed by atoms with E-state index < -0.39 is 0 Å². The molecule has 1 aromatic carbocycles. The molecule has 0 aliphatic carbocycles. The molecular formula is C10H8BrN5. The van der Waals surface area contributed by atoms with E-state index in [1.807, 2.05) is 12.1 Å². The third kappa shape index (κ3) is 2.38. The summed E-state index contributed by atoms with van der Waals surface area (Å²) in [6, 6.07) is 7.62. The first-order valence-corrected chi connectivity index (χ1v) is 5.36. The first kappa shape index (κ1) is 10.6. The van der Waals surface area contributed by atoms with E-state index in [4.69, 9.17) is 5.26 Å². The second kappa shape index (κ2) is 4.77. The molecule has 0 bridgehead atoms. The lowest BCUT2D eigenvalue weighted by Gasteiger charge is -2.06. The molecule has 0 amide bonds. The molecule has 0 aliphatic rings. The maximum absolute atomic E-state index is 8.95. The number of nitriles is 1. The molecule has 5 nitrogen and oxygen atoms in total. The van der Waals surface area contributed by atoms with E-state index in [0.29, 0.717) is 12.1 Å². The summed E-state index contributed by atoms with van der Waals surface area (Å²) in [4.78, 5) is 3.98. The van der Waals surface area contributed by atoms with Crippen LogP contribution in [0, 0.1) is 11.3 Å². The molecule has 1 aromatic heterocycles. The minimum Gasteiger partial charge on any atom is -0.377 e. The summed E-state index contributed by atoms with van der Waals surface area (Å²) >= 11 is 3.32. The number of benzene rings is 1. The Kier molecular flexibility index (Phi) is 3.17. The number of aromatic nitrogens is 3. The number of hydrogen-bond donors (Lipinski definition) is 2. The lowest BCUT2D eigenvalue weighted by Crippen LogP contribution is -2.02. The molecule has 0 aliphatic heterocycles. The molecule has 0 radical (unpaired) electrons. The fourth-order valence-electron chi connectivity index (χ4n) is 1.26. The van der Waals surface area contributed by atoms with Gasteiger partial charge in [-0.15, -0.1) is 0 Å². The number of hydrogen-bond acceptors (Lipinski definition) is 4. The number of nitrogens with zero attached hydrogens (tertiary/aromatic N) is 3. The van der Waals surface area contributed by atoms with Crippen LogP contribution in [-0.4, -0.2) is 15.2 Å². The molecule has 0 atom stereocenters. The van der Waals surface area contributed by atoms with Crippen molar-refractivity contribution >= 4 is 21.6 Å². The quantitative estimate of drug-likeness (QED) is 0.900. The summed E-state index contributed by atoms with van der Waals surface area (Å²) in [6.45, 7) is 0.510. The average molecular weight is 278 g/mol. The largest absolute Gasteiger partial charge is 0.377 e. The minimum absolute atomic E-state index is 0.510. The van der Waals surface area contributed by atoms with E-state index in [9.17, 15) is 0 Å². The predicted octanol–water partition coefficient (Wildman–Crippen LogP) is 2.05. The number of rotatable bonds is 3. The van der Waals surface area contributed by atoms with E-state index in [2.05, 4.69) is 42.5 Å². The van der Waals surface area contributed by atoms with Gasteiger partial charge in [0.05, 0.1) is 17.8 Å². The van der Waals surface area contributed by atoms with Crippen molar-refractivity contribution in [1.82, 2.24) is 15.2 Å². The first-order valence-electron chi connectivity index (χ1n) is 4.57. The lowest BCUT2D eigenvalue weighted by molar-refractivity contribution is 0.954. The van der Waals surface area contributed by atoms with Crippen molar-refractivity contribution in [3.8, 4) is 6.07 Å². The molecule has 0 spiro atoms. The Morgan fingerprint density at radius 1 is 1.50 bits per heavy atom. The van der Waals surface area contributed by atoms with Crippen LogP contribution in [0.4, 0.5) is 5.69 Å².